The molecule has 10 nitrogen and oxygen atoms in total. The average molecular weight is 753 g/mol. The fourth-order valence-electron chi connectivity index (χ4n) is 6.67. The lowest BCUT2D eigenvalue weighted by molar-refractivity contribution is -0.129. The summed E-state index contributed by atoms with van der Waals surface area (Å²) in [5.74, 6) is -5.33. The monoisotopic (exact) mass is 752 g/mol. The maximum atomic E-state index is 13.9. The Balaban J connectivity index is 0.000000438. The van der Waals surface area contributed by atoms with Crippen LogP contribution in [0.25, 0.3) is 33.6 Å². The molecule has 2 fully saturated rings. The number of rotatable bonds is 8. The highest BCUT2D eigenvalue weighted by Crippen LogP contribution is 2.37. The zero-order chi connectivity index (χ0) is 39.9. The van der Waals surface area contributed by atoms with E-state index >= 15 is 0 Å². The molecule has 3 atom stereocenters. The van der Waals surface area contributed by atoms with E-state index in [4.69, 9.17) is 5.73 Å². The molecule has 2 aromatic heterocycles. The van der Waals surface area contributed by atoms with Gasteiger partial charge in [-0.25, -0.2) is 27.5 Å². The predicted molar refractivity (Wildman–Crippen MR) is 202 cm³/mol. The van der Waals surface area contributed by atoms with Gasteiger partial charge in [0.15, 0.2) is 0 Å². The quantitative estimate of drug-likeness (QED) is 0.105. The molecule has 7 N–H and O–H groups in total. The molecule has 0 bridgehead atoms. The Hall–Kier alpha value is -4.56. The van der Waals surface area contributed by atoms with Crippen LogP contribution in [0.4, 0.5) is 17.6 Å². The van der Waals surface area contributed by atoms with E-state index in [1.165, 1.54) is 13.8 Å². The van der Waals surface area contributed by atoms with Crippen molar-refractivity contribution in [2.24, 2.45) is 16.6 Å². The molecular weight excluding hydrogens is 700 g/mol. The smallest absolute Gasteiger partial charge is 0.262 e. The Morgan fingerprint density at radius 3 is 1.59 bits per heavy atom. The molecular formula is C40H52F4N8O2. The van der Waals surface area contributed by atoms with E-state index in [1.807, 2.05) is 39.1 Å². The molecule has 2 saturated heterocycles. The van der Waals surface area contributed by atoms with Gasteiger partial charge in [0.1, 0.15) is 22.7 Å². The van der Waals surface area contributed by atoms with Crippen LogP contribution in [0, 0.1) is 10.8 Å². The van der Waals surface area contributed by atoms with E-state index in [-0.39, 0.29) is 5.41 Å². The molecule has 0 spiro atoms. The van der Waals surface area contributed by atoms with Gasteiger partial charge in [0.25, 0.3) is 11.8 Å². The third-order valence-corrected chi connectivity index (χ3v) is 9.81. The summed E-state index contributed by atoms with van der Waals surface area (Å²) in [7, 11) is 0. The number of halogens is 4. The van der Waals surface area contributed by atoms with Gasteiger partial charge in [-0.3, -0.25) is 20.2 Å². The first-order chi connectivity index (χ1) is 24.9. The van der Waals surface area contributed by atoms with Gasteiger partial charge in [0.2, 0.25) is 11.8 Å². The number of aromatic nitrogens is 4. The number of hydrogen-bond donors (Lipinski definition) is 6. The Labute approximate surface area is 313 Å². The number of primary amides is 1. The van der Waals surface area contributed by atoms with Gasteiger partial charge < -0.3 is 21.0 Å². The largest absolute Gasteiger partial charge is 0.368 e. The summed E-state index contributed by atoms with van der Waals surface area (Å²) in [5.41, 5.74) is 8.14. The van der Waals surface area contributed by atoms with Crippen molar-refractivity contribution >= 4 is 11.8 Å². The van der Waals surface area contributed by atoms with Crippen molar-refractivity contribution in [2.45, 2.75) is 104 Å². The summed E-state index contributed by atoms with van der Waals surface area (Å²) in [6.07, 6.45) is 3.48. The summed E-state index contributed by atoms with van der Waals surface area (Å²) in [4.78, 5) is 39.7. The molecule has 4 heterocycles. The number of aromatic amines is 2. The summed E-state index contributed by atoms with van der Waals surface area (Å²) in [5, 5.41) is 8.08. The van der Waals surface area contributed by atoms with Gasteiger partial charge in [0.05, 0.1) is 42.9 Å². The van der Waals surface area contributed by atoms with Crippen LogP contribution in [-0.4, -0.2) is 67.8 Å². The lowest BCUT2D eigenvalue weighted by atomic mass is 9.85. The van der Waals surface area contributed by atoms with Crippen LogP contribution in [0.2, 0.25) is 0 Å². The van der Waals surface area contributed by atoms with Gasteiger partial charge in [-0.05, 0) is 46.9 Å². The highest BCUT2D eigenvalue weighted by atomic mass is 19.3. The van der Waals surface area contributed by atoms with Crippen molar-refractivity contribution in [1.29, 1.82) is 0 Å². The van der Waals surface area contributed by atoms with Gasteiger partial charge in [-0.2, -0.15) is 0 Å². The molecule has 292 valence electrons. The van der Waals surface area contributed by atoms with E-state index in [2.05, 4.69) is 93.1 Å². The van der Waals surface area contributed by atoms with Crippen molar-refractivity contribution in [2.75, 3.05) is 13.1 Å². The second-order valence-electron chi connectivity index (χ2n) is 17.4. The third-order valence-electron chi connectivity index (χ3n) is 9.81. The number of benzene rings is 2. The van der Waals surface area contributed by atoms with Crippen LogP contribution in [0.3, 0.4) is 0 Å². The highest BCUT2D eigenvalue weighted by Gasteiger charge is 2.52. The molecule has 6 rings (SSSR count). The van der Waals surface area contributed by atoms with E-state index in [0.717, 1.165) is 45.9 Å². The summed E-state index contributed by atoms with van der Waals surface area (Å²) < 4.78 is 52.8. The molecule has 0 aliphatic carbocycles. The van der Waals surface area contributed by atoms with Crippen LogP contribution < -0.4 is 21.7 Å². The fourth-order valence-corrected chi connectivity index (χ4v) is 6.67. The topological polar surface area (TPSA) is 154 Å². The van der Waals surface area contributed by atoms with Crippen molar-refractivity contribution in [3.63, 3.8) is 0 Å². The molecule has 2 aromatic carbocycles. The summed E-state index contributed by atoms with van der Waals surface area (Å²) >= 11 is 0. The molecule has 0 saturated carbocycles. The van der Waals surface area contributed by atoms with Gasteiger partial charge in [0, 0.05) is 19.3 Å². The minimum absolute atomic E-state index is 0.168. The number of amides is 2. The van der Waals surface area contributed by atoms with Crippen molar-refractivity contribution in [3.05, 3.63) is 72.6 Å². The van der Waals surface area contributed by atoms with Crippen LogP contribution in [0.15, 0.2) is 60.9 Å². The second-order valence-corrected chi connectivity index (χ2v) is 17.4. The van der Waals surface area contributed by atoms with Crippen LogP contribution >= 0.6 is 0 Å². The Bertz CT molecular complexity index is 1940. The molecule has 14 heteroatoms. The van der Waals surface area contributed by atoms with E-state index in [0.29, 0.717) is 5.82 Å². The number of carbonyl (C=O) groups is 2. The number of hydrogen-bond acceptors (Lipinski definition) is 6. The zero-order valence-electron chi connectivity index (χ0n) is 32.2. The number of H-pyrrole nitrogens is 2. The van der Waals surface area contributed by atoms with E-state index in [9.17, 15) is 27.2 Å². The lowest BCUT2D eigenvalue weighted by Crippen LogP contribution is -2.53. The lowest BCUT2D eigenvalue weighted by Gasteiger charge is -2.33. The third kappa shape index (κ3) is 9.75. The second kappa shape index (κ2) is 14.6. The first-order valence-electron chi connectivity index (χ1n) is 18.0. The maximum absolute atomic E-state index is 13.9. The zero-order valence-corrected chi connectivity index (χ0v) is 32.2. The molecule has 2 aliphatic rings. The molecule has 2 aliphatic heterocycles. The Morgan fingerprint density at radius 2 is 1.19 bits per heavy atom. The minimum atomic E-state index is -2.91. The van der Waals surface area contributed by atoms with Crippen molar-refractivity contribution < 1.29 is 27.2 Å². The number of nitrogens with two attached hydrogens (primary N) is 1. The van der Waals surface area contributed by atoms with Gasteiger partial charge in [-0.15, -0.1) is 0 Å². The molecule has 54 heavy (non-hydrogen) atoms. The predicted octanol–water partition coefficient (Wildman–Crippen LogP) is 7.17. The summed E-state index contributed by atoms with van der Waals surface area (Å²) in [6, 6.07) is 16.1. The van der Waals surface area contributed by atoms with E-state index in [1.54, 1.807) is 6.20 Å². The SMILES string of the molecule is CC(C)(C)Cc1ncc(-c2ccc(-c3ccc(-c4cnc(C(NC(=O)C5(C)CC(F)(F)CN5)C(C)(C)C)[nH]4)cc3)cc2)[nH]1.CC1(C(N)=O)CC(F)(F)CN1. The average Bonchev–Trinajstić information content (AvgIpc) is 3.85. The van der Waals surface area contributed by atoms with Crippen LogP contribution in [-0.2, 0) is 16.0 Å². The molecule has 4 aromatic rings. The maximum Gasteiger partial charge on any atom is 0.262 e. The first kappa shape index (κ1) is 40.6. The number of nitrogens with one attached hydrogen (secondary N) is 5. The van der Waals surface area contributed by atoms with E-state index < -0.39 is 72.1 Å². The summed E-state index contributed by atoms with van der Waals surface area (Å²) in [6.45, 7) is 14.5. The highest BCUT2D eigenvalue weighted by molar-refractivity contribution is 5.87. The number of carbonyl (C=O) groups excluding carboxylic acids is 2. The minimum Gasteiger partial charge on any atom is -0.368 e. The van der Waals surface area contributed by atoms with Crippen molar-refractivity contribution in [1.82, 2.24) is 35.9 Å². The molecule has 0 radical (unpaired) electrons. The number of imidazole rings is 2. The van der Waals surface area contributed by atoms with Gasteiger partial charge in [-0.1, -0.05) is 90.1 Å². The number of nitrogens with zero attached hydrogens (tertiary/aromatic N) is 2. The molecule has 2 amide bonds. The van der Waals surface area contributed by atoms with Gasteiger partial charge >= 0.3 is 0 Å². The Morgan fingerprint density at radius 1 is 0.741 bits per heavy atom. The van der Waals surface area contributed by atoms with Crippen molar-refractivity contribution in [3.8, 4) is 33.6 Å². The van der Waals surface area contributed by atoms with Crippen LogP contribution in [0.1, 0.15) is 85.9 Å². The fraction of sp³-hybridized carbons (Fsp3) is 0.500. The molecule has 3 unspecified atom stereocenters. The standard InChI is InChI=1S/C34H42F2N6O.C6H10F2N2O/c1-31(2,3)16-27-37-17-25(40-27)23-12-8-21(9-13-23)22-10-14-24(15-11-22)26-18-38-29(41-26)28(32(4,5)6)42-30(43)33(7)19-34(35,36)20-39-33;1-5(4(9)11)2-6(7,8)3-10-5/h8-15,17-18,28,39H,16,19-20H2,1-7H3,(H,37,40)(H,38,41)(H,42,43);10H,2-3H2,1H3,(H2,9,11). The van der Waals surface area contributed by atoms with Crippen LogP contribution in [0.5, 0.6) is 0 Å². The normalized spacial score (nSPS) is 22.7. The first-order valence-corrected chi connectivity index (χ1v) is 18.0. The Kier molecular flexibility index (Phi) is 11.0. The number of alkyl halides is 4.